The number of amides is 1. The van der Waals surface area contributed by atoms with Crippen LogP contribution in [0.15, 0.2) is 58.6 Å². The molecule has 162 valence electrons. The Kier molecular flexibility index (Phi) is 5.44. The highest BCUT2D eigenvalue weighted by Crippen LogP contribution is 2.34. The number of fused-ring (bicyclic) bond motifs is 2. The topological polar surface area (TPSA) is 81.8 Å². The zero-order valence-electron chi connectivity index (χ0n) is 16.9. The van der Waals surface area contributed by atoms with Crippen molar-refractivity contribution in [2.45, 2.75) is 24.5 Å². The summed E-state index contributed by atoms with van der Waals surface area (Å²) in [5, 5.41) is 9.06. The molecule has 2 aromatic heterocycles. The Balaban J connectivity index is 1.45. The molecule has 0 radical (unpaired) electrons. The summed E-state index contributed by atoms with van der Waals surface area (Å²) in [4.78, 5) is 30.7. The molecule has 0 saturated carbocycles. The molecule has 2 aromatic carbocycles. The Labute approximate surface area is 197 Å². The van der Waals surface area contributed by atoms with E-state index in [4.69, 9.17) is 28.2 Å². The Morgan fingerprint density at radius 2 is 2.06 bits per heavy atom. The summed E-state index contributed by atoms with van der Waals surface area (Å²) in [6.07, 6.45) is 1.66. The SMILES string of the molecule is Cc1ccccc1-n1ncc2c(=O)n3c(nc21)SCC3CC(=O)Nc1ccc(Cl)cc1Cl. The number of aryl methyl sites for hydroxylation is 1. The monoisotopic (exact) mass is 485 g/mol. The van der Waals surface area contributed by atoms with Crippen LogP contribution in [0.25, 0.3) is 16.7 Å². The number of rotatable bonds is 4. The van der Waals surface area contributed by atoms with E-state index in [1.807, 2.05) is 31.2 Å². The van der Waals surface area contributed by atoms with Gasteiger partial charge in [0, 0.05) is 17.2 Å². The van der Waals surface area contributed by atoms with Crippen LogP contribution in [0.2, 0.25) is 10.0 Å². The number of thioether (sulfide) groups is 1. The van der Waals surface area contributed by atoms with Crippen molar-refractivity contribution >= 4 is 57.6 Å². The van der Waals surface area contributed by atoms with Gasteiger partial charge >= 0.3 is 0 Å². The van der Waals surface area contributed by atoms with Crippen LogP contribution in [0.3, 0.4) is 0 Å². The molecule has 0 spiro atoms. The molecule has 1 unspecified atom stereocenters. The molecular formula is C22H17Cl2N5O2S. The van der Waals surface area contributed by atoms with Gasteiger partial charge in [0.05, 0.1) is 28.6 Å². The molecule has 32 heavy (non-hydrogen) atoms. The first kappa shape index (κ1) is 21.1. The number of carbonyl (C=O) groups excluding carboxylic acids is 1. The predicted molar refractivity (Wildman–Crippen MR) is 127 cm³/mol. The fourth-order valence-corrected chi connectivity index (χ4v) is 5.35. The molecular weight excluding hydrogens is 469 g/mol. The number of carbonyl (C=O) groups is 1. The van der Waals surface area contributed by atoms with Crippen molar-refractivity contribution in [3.05, 3.63) is 74.6 Å². The lowest BCUT2D eigenvalue weighted by molar-refractivity contribution is -0.116. The van der Waals surface area contributed by atoms with E-state index >= 15 is 0 Å². The molecule has 1 atom stereocenters. The summed E-state index contributed by atoms with van der Waals surface area (Å²) >= 11 is 13.5. The van der Waals surface area contributed by atoms with Crippen LogP contribution in [0.5, 0.6) is 0 Å². The van der Waals surface area contributed by atoms with Crippen molar-refractivity contribution in [1.82, 2.24) is 19.3 Å². The number of anilines is 1. The van der Waals surface area contributed by atoms with E-state index in [2.05, 4.69) is 10.4 Å². The third kappa shape index (κ3) is 3.68. The molecule has 0 aliphatic carbocycles. The van der Waals surface area contributed by atoms with Crippen molar-refractivity contribution in [3.63, 3.8) is 0 Å². The molecule has 5 rings (SSSR count). The summed E-state index contributed by atoms with van der Waals surface area (Å²) in [6.45, 7) is 1.99. The zero-order chi connectivity index (χ0) is 22.4. The minimum atomic E-state index is -0.313. The van der Waals surface area contributed by atoms with Crippen molar-refractivity contribution in [1.29, 1.82) is 0 Å². The number of hydrogen-bond acceptors (Lipinski definition) is 5. The van der Waals surface area contributed by atoms with Gasteiger partial charge in [0.15, 0.2) is 10.8 Å². The first-order valence-electron chi connectivity index (χ1n) is 9.86. The Morgan fingerprint density at radius 3 is 2.84 bits per heavy atom. The normalized spacial score (nSPS) is 15.2. The summed E-state index contributed by atoms with van der Waals surface area (Å²) < 4.78 is 3.29. The fourth-order valence-electron chi connectivity index (χ4n) is 3.76. The number of para-hydroxylation sites is 1. The smallest absolute Gasteiger partial charge is 0.265 e. The Morgan fingerprint density at radius 1 is 1.25 bits per heavy atom. The molecule has 7 nitrogen and oxygen atoms in total. The summed E-state index contributed by atoms with van der Waals surface area (Å²) in [6, 6.07) is 12.4. The maximum Gasteiger partial charge on any atom is 0.265 e. The summed E-state index contributed by atoms with van der Waals surface area (Å²) in [5.74, 6) is 0.337. The average molecular weight is 486 g/mol. The largest absolute Gasteiger partial charge is 0.325 e. The van der Waals surface area contributed by atoms with Gasteiger partial charge in [0.2, 0.25) is 5.91 Å². The van der Waals surface area contributed by atoms with Gasteiger partial charge in [0.1, 0.15) is 5.39 Å². The van der Waals surface area contributed by atoms with Gasteiger partial charge in [-0.1, -0.05) is 53.2 Å². The number of nitrogens with zero attached hydrogens (tertiary/aromatic N) is 4. The highest BCUT2D eigenvalue weighted by Gasteiger charge is 2.30. The van der Waals surface area contributed by atoms with Crippen molar-refractivity contribution in [2.75, 3.05) is 11.1 Å². The highest BCUT2D eigenvalue weighted by molar-refractivity contribution is 7.99. The summed E-state index contributed by atoms with van der Waals surface area (Å²) in [5.41, 5.74) is 2.70. The van der Waals surface area contributed by atoms with Crippen molar-refractivity contribution in [2.24, 2.45) is 0 Å². The van der Waals surface area contributed by atoms with E-state index in [0.717, 1.165) is 11.3 Å². The predicted octanol–water partition coefficient (Wildman–Crippen LogP) is 4.87. The minimum absolute atomic E-state index is 0.123. The van der Waals surface area contributed by atoms with Crippen LogP contribution in [0, 0.1) is 6.92 Å². The molecule has 1 N–H and O–H groups in total. The third-order valence-electron chi connectivity index (χ3n) is 5.34. The average Bonchev–Trinajstić information content (AvgIpc) is 3.36. The lowest BCUT2D eigenvalue weighted by Gasteiger charge is -2.14. The minimum Gasteiger partial charge on any atom is -0.325 e. The molecule has 10 heteroatoms. The number of benzene rings is 2. The Bertz CT molecular complexity index is 1430. The number of aromatic nitrogens is 4. The van der Waals surface area contributed by atoms with Gasteiger partial charge < -0.3 is 5.32 Å². The number of nitrogens with one attached hydrogen (secondary N) is 1. The molecule has 4 aromatic rings. The van der Waals surface area contributed by atoms with Crippen LogP contribution < -0.4 is 10.9 Å². The first-order chi connectivity index (χ1) is 15.4. The van der Waals surface area contributed by atoms with Gasteiger partial charge in [-0.05, 0) is 36.8 Å². The van der Waals surface area contributed by atoms with Crippen LogP contribution >= 0.6 is 35.0 Å². The summed E-state index contributed by atoms with van der Waals surface area (Å²) in [7, 11) is 0. The van der Waals surface area contributed by atoms with Crippen LogP contribution in [-0.4, -0.2) is 31.0 Å². The van der Waals surface area contributed by atoms with E-state index < -0.39 is 0 Å². The molecule has 0 bridgehead atoms. The van der Waals surface area contributed by atoms with Gasteiger partial charge in [-0.2, -0.15) is 5.10 Å². The van der Waals surface area contributed by atoms with Crippen molar-refractivity contribution in [3.8, 4) is 5.69 Å². The molecule has 1 aliphatic rings. The lowest BCUT2D eigenvalue weighted by Crippen LogP contribution is -2.27. The van der Waals surface area contributed by atoms with E-state index in [1.165, 1.54) is 18.0 Å². The second-order valence-corrected chi connectivity index (χ2v) is 9.32. The van der Waals surface area contributed by atoms with Crippen LogP contribution in [0.4, 0.5) is 5.69 Å². The van der Waals surface area contributed by atoms with Crippen molar-refractivity contribution < 1.29 is 4.79 Å². The number of halogens is 2. The lowest BCUT2D eigenvalue weighted by atomic mass is 10.2. The van der Waals surface area contributed by atoms with E-state index in [1.54, 1.807) is 27.4 Å². The molecule has 3 heterocycles. The van der Waals surface area contributed by atoms with Gasteiger partial charge in [0.25, 0.3) is 5.56 Å². The first-order valence-corrected chi connectivity index (χ1v) is 11.6. The standard InChI is InChI=1S/C22H17Cl2N5O2S/c1-12-4-2-3-5-18(12)29-20-15(10-25-29)21(31)28-14(11-32-22(28)27-20)9-19(30)26-17-7-6-13(23)8-16(17)24/h2-8,10,14H,9,11H2,1H3,(H,26,30). The highest BCUT2D eigenvalue weighted by atomic mass is 35.5. The second-order valence-electron chi connectivity index (χ2n) is 7.49. The maximum atomic E-state index is 13.3. The molecule has 0 fully saturated rings. The quantitative estimate of drug-likeness (QED) is 0.416. The molecule has 1 amide bonds. The third-order valence-corrected chi connectivity index (χ3v) is 6.99. The van der Waals surface area contributed by atoms with Gasteiger partial charge in [-0.25, -0.2) is 9.67 Å². The number of hydrogen-bond donors (Lipinski definition) is 1. The van der Waals surface area contributed by atoms with Crippen LogP contribution in [-0.2, 0) is 4.79 Å². The van der Waals surface area contributed by atoms with Crippen LogP contribution in [0.1, 0.15) is 18.0 Å². The van der Waals surface area contributed by atoms with Gasteiger partial charge in [-0.15, -0.1) is 0 Å². The van der Waals surface area contributed by atoms with E-state index in [9.17, 15) is 9.59 Å². The maximum absolute atomic E-state index is 13.3. The van der Waals surface area contributed by atoms with E-state index in [0.29, 0.717) is 37.7 Å². The Hall–Kier alpha value is -2.81. The van der Waals surface area contributed by atoms with Gasteiger partial charge in [-0.3, -0.25) is 14.2 Å². The van der Waals surface area contributed by atoms with E-state index in [-0.39, 0.29) is 23.9 Å². The molecule has 0 saturated heterocycles. The second kappa shape index (κ2) is 8.27. The molecule has 1 aliphatic heterocycles. The fraction of sp³-hybridized carbons (Fsp3) is 0.182. The zero-order valence-corrected chi connectivity index (χ0v) is 19.2.